The molecule has 0 unspecified atom stereocenters. The number of benzene rings is 2. The van der Waals surface area contributed by atoms with E-state index in [9.17, 15) is 21.6 Å². The third kappa shape index (κ3) is 5.57. The van der Waals surface area contributed by atoms with Gasteiger partial charge in [0.25, 0.3) is 5.91 Å². The first-order valence-electron chi connectivity index (χ1n) is 8.95. The number of hydrogen-bond acceptors (Lipinski definition) is 5. The lowest BCUT2D eigenvalue weighted by molar-refractivity contribution is 0.0939. The summed E-state index contributed by atoms with van der Waals surface area (Å²) in [4.78, 5) is 12.4. The zero-order valence-corrected chi connectivity index (χ0v) is 18.0. The first-order valence-corrected chi connectivity index (χ1v) is 12.6. The number of sulfonamides is 1. The molecule has 0 bridgehead atoms. The minimum Gasteiger partial charge on any atom is -0.346 e. The van der Waals surface area contributed by atoms with Gasteiger partial charge in [-0.3, -0.25) is 4.79 Å². The normalized spacial score (nSPS) is 19.6. The van der Waals surface area contributed by atoms with Crippen molar-refractivity contribution in [2.75, 3.05) is 11.5 Å². The van der Waals surface area contributed by atoms with E-state index < -0.39 is 25.9 Å². The molecular weight excluding hydrogens is 436 g/mol. The Bertz CT molecular complexity index is 1120. The Morgan fingerprint density at radius 1 is 1.17 bits per heavy atom. The van der Waals surface area contributed by atoms with E-state index in [1.807, 2.05) is 13.0 Å². The van der Waals surface area contributed by atoms with Gasteiger partial charge in [0, 0.05) is 16.6 Å². The molecule has 1 amide bonds. The van der Waals surface area contributed by atoms with Crippen LogP contribution in [0.3, 0.4) is 0 Å². The summed E-state index contributed by atoms with van der Waals surface area (Å²) in [5, 5.41) is 3.41. The smallest absolute Gasteiger partial charge is 0.251 e. The SMILES string of the molecule is C[C@H](NC(=O)c1ccc(S(=O)(=O)N[C@H]2CCS(=O)(=O)C2)cc1)c1cccc(Cl)c1. The van der Waals surface area contributed by atoms with Crippen LogP contribution in [0.15, 0.2) is 53.4 Å². The Kier molecular flexibility index (Phi) is 6.33. The van der Waals surface area contributed by atoms with Gasteiger partial charge in [0.1, 0.15) is 0 Å². The average molecular weight is 457 g/mol. The van der Waals surface area contributed by atoms with Crippen LogP contribution in [0.25, 0.3) is 0 Å². The summed E-state index contributed by atoms with van der Waals surface area (Å²) in [6.07, 6.45) is 0.253. The molecular formula is C19H21ClN2O5S2. The van der Waals surface area contributed by atoms with Crippen molar-refractivity contribution in [1.29, 1.82) is 0 Å². The van der Waals surface area contributed by atoms with Crippen LogP contribution in [0.4, 0.5) is 0 Å². The number of nitrogens with one attached hydrogen (secondary N) is 2. The predicted molar refractivity (Wildman–Crippen MR) is 111 cm³/mol. The van der Waals surface area contributed by atoms with Gasteiger partial charge in [-0.25, -0.2) is 21.6 Å². The molecule has 1 saturated heterocycles. The Morgan fingerprint density at radius 2 is 1.86 bits per heavy atom. The summed E-state index contributed by atoms with van der Waals surface area (Å²) in [6.45, 7) is 1.82. The standard InChI is InChI=1S/C19H21ClN2O5S2/c1-13(15-3-2-4-16(20)11-15)21-19(23)14-5-7-18(8-6-14)29(26,27)22-17-9-10-28(24,25)12-17/h2-8,11,13,17,22H,9-10,12H2,1H3,(H,21,23)/t13-,17-/m0/s1. The van der Waals surface area contributed by atoms with E-state index in [2.05, 4.69) is 10.0 Å². The van der Waals surface area contributed by atoms with Crippen LogP contribution >= 0.6 is 11.6 Å². The highest BCUT2D eigenvalue weighted by molar-refractivity contribution is 7.92. The molecule has 1 fully saturated rings. The fraction of sp³-hybridized carbons (Fsp3) is 0.316. The number of amides is 1. The summed E-state index contributed by atoms with van der Waals surface area (Å²) in [6, 6.07) is 11.7. The zero-order valence-electron chi connectivity index (χ0n) is 15.6. The lowest BCUT2D eigenvalue weighted by Gasteiger charge is -2.15. The zero-order chi connectivity index (χ0) is 21.2. The van der Waals surface area contributed by atoms with Crippen molar-refractivity contribution >= 4 is 37.4 Å². The topological polar surface area (TPSA) is 109 Å². The molecule has 0 radical (unpaired) electrons. The number of halogens is 1. The van der Waals surface area contributed by atoms with Crippen LogP contribution in [-0.4, -0.2) is 40.3 Å². The van der Waals surface area contributed by atoms with Crippen molar-refractivity contribution in [1.82, 2.24) is 10.0 Å². The van der Waals surface area contributed by atoms with Gasteiger partial charge in [0.2, 0.25) is 10.0 Å². The highest BCUT2D eigenvalue weighted by Crippen LogP contribution is 2.19. The van der Waals surface area contributed by atoms with Gasteiger partial charge in [-0.2, -0.15) is 0 Å². The van der Waals surface area contributed by atoms with E-state index in [0.717, 1.165) is 5.56 Å². The summed E-state index contributed by atoms with van der Waals surface area (Å²) >= 11 is 5.97. The van der Waals surface area contributed by atoms with Gasteiger partial charge in [-0.1, -0.05) is 23.7 Å². The molecule has 2 aromatic carbocycles. The monoisotopic (exact) mass is 456 g/mol. The molecule has 0 spiro atoms. The second-order valence-electron chi connectivity index (χ2n) is 7.00. The van der Waals surface area contributed by atoms with E-state index in [0.29, 0.717) is 10.6 Å². The molecule has 0 aliphatic carbocycles. The number of rotatable bonds is 6. The minimum atomic E-state index is -3.87. The quantitative estimate of drug-likeness (QED) is 0.693. The average Bonchev–Trinajstić information content (AvgIpc) is 2.99. The first kappa shape index (κ1) is 21.8. The van der Waals surface area contributed by atoms with Crippen LogP contribution < -0.4 is 10.0 Å². The molecule has 2 atom stereocenters. The van der Waals surface area contributed by atoms with E-state index in [-0.39, 0.29) is 34.8 Å². The van der Waals surface area contributed by atoms with Crippen LogP contribution in [0.5, 0.6) is 0 Å². The van der Waals surface area contributed by atoms with Crippen molar-refractivity contribution in [3.05, 3.63) is 64.7 Å². The molecule has 29 heavy (non-hydrogen) atoms. The Morgan fingerprint density at radius 3 is 2.45 bits per heavy atom. The van der Waals surface area contributed by atoms with E-state index >= 15 is 0 Å². The van der Waals surface area contributed by atoms with Gasteiger partial charge in [-0.05, 0) is 55.3 Å². The van der Waals surface area contributed by atoms with Gasteiger partial charge in [0.15, 0.2) is 9.84 Å². The van der Waals surface area contributed by atoms with E-state index in [4.69, 9.17) is 11.6 Å². The highest BCUT2D eigenvalue weighted by Gasteiger charge is 2.31. The summed E-state index contributed by atoms with van der Waals surface area (Å²) < 4.78 is 50.3. The fourth-order valence-electron chi connectivity index (χ4n) is 3.10. The minimum absolute atomic E-state index is 0.0237. The van der Waals surface area contributed by atoms with Crippen LogP contribution in [0.2, 0.25) is 5.02 Å². The molecule has 3 rings (SSSR count). The Balaban J connectivity index is 1.66. The van der Waals surface area contributed by atoms with Crippen LogP contribution in [-0.2, 0) is 19.9 Å². The molecule has 2 N–H and O–H groups in total. The van der Waals surface area contributed by atoms with Gasteiger partial charge in [0.05, 0.1) is 22.4 Å². The number of carbonyl (C=O) groups is 1. The molecule has 1 heterocycles. The molecule has 7 nitrogen and oxygen atoms in total. The molecule has 10 heteroatoms. The van der Waals surface area contributed by atoms with Crippen molar-refractivity contribution in [3.63, 3.8) is 0 Å². The van der Waals surface area contributed by atoms with E-state index in [1.165, 1.54) is 24.3 Å². The molecule has 156 valence electrons. The largest absolute Gasteiger partial charge is 0.346 e. The van der Waals surface area contributed by atoms with Crippen molar-refractivity contribution in [2.45, 2.75) is 30.3 Å². The van der Waals surface area contributed by atoms with Crippen LogP contribution in [0.1, 0.15) is 35.3 Å². The lowest BCUT2D eigenvalue weighted by Crippen LogP contribution is -2.35. The second-order valence-corrected chi connectivity index (χ2v) is 11.4. The third-order valence-electron chi connectivity index (χ3n) is 4.68. The maximum atomic E-state index is 12.5. The molecule has 0 aromatic heterocycles. The maximum absolute atomic E-state index is 12.5. The van der Waals surface area contributed by atoms with Gasteiger partial charge < -0.3 is 5.32 Å². The molecule has 2 aromatic rings. The fourth-order valence-corrected chi connectivity index (χ4v) is 6.35. The second kappa shape index (κ2) is 8.43. The summed E-state index contributed by atoms with van der Waals surface area (Å²) in [5.74, 6) is -0.575. The molecule has 1 aliphatic rings. The van der Waals surface area contributed by atoms with Gasteiger partial charge >= 0.3 is 0 Å². The third-order valence-corrected chi connectivity index (χ3v) is 8.22. The molecule has 0 saturated carbocycles. The van der Waals surface area contributed by atoms with Gasteiger partial charge in [-0.15, -0.1) is 0 Å². The number of carbonyl (C=O) groups excluding carboxylic acids is 1. The van der Waals surface area contributed by atoms with E-state index in [1.54, 1.807) is 18.2 Å². The Labute approximate surface area is 175 Å². The Hall–Kier alpha value is -1.94. The number of hydrogen-bond donors (Lipinski definition) is 2. The number of sulfone groups is 1. The highest BCUT2D eigenvalue weighted by atomic mass is 35.5. The maximum Gasteiger partial charge on any atom is 0.251 e. The predicted octanol–water partition coefficient (Wildman–Crippen LogP) is 2.30. The van der Waals surface area contributed by atoms with Crippen LogP contribution in [0, 0.1) is 0 Å². The molecule has 1 aliphatic heterocycles. The summed E-state index contributed by atoms with van der Waals surface area (Å²) in [7, 11) is -7.06. The lowest BCUT2D eigenvalue weighted by atomic mass is 10.1. The summed E-state index contributed by atoms with van der Waals surface area (Å²) in [5.41, 5.74) is 1.15. The van der Waals surface area contributed by atoms with Crippen molar-refractivity contribution < 1.29 is 21.6 Å². The van der Waals surface area contributed by atoms with Crippen molar-refractivity contribution in [2.24, 2.45) is 0 Å². The first-order chi connectivity index (χ1) is 13.6. The van der Waals surface area contributed by atoms with Crippen molar-refractivity contribution in [3.8, 4) is 0 Å².